The first-order chi connectivity index (χ1) is 7.20. The largest absolute Gasteiger partial charge is 0.507 e. The quantitative estimate of drug-likeness (QED) is 0.786. The number of imidazole rings is 1. The molecule has 0 saturated heterocycles. The van der Waals surface area contributed by atoms with Gasteiger partial charge in [0.05, 0.1) is 6.33 Å². The second kappa shape index (κ2) is 3.77. The molecule has 0 aliphatic carbocycles. The van der Waals surface area contributed by atoms with Crippen molar-refractivity contribution in [3.05, 3.63) is 47.5 Å². The van der Waals surface area contributed by atoms with Crippen LogP contribution in [0.4, 0.5) is 0 Å². The van der Waals surface area contributed by atoms with Crippen molar-refractivity contribution >= 4 is 0 Å². The number of para-hydroxylation sites is 1. The molecule has 15 heavy (non-hydrogen) atoms. The molecule has 1 heterocycles. The minimum Gasteiger partial charge on any atom is -0.507 e. The van der Waals surface area contributed by atoms with Crippen LogP contribution in [0.15, 0.2) is 30.7 Å². The number of hydrogen-bond acceptors (Lipinski definition) is 2. The maximum Gasteiger partial charge on any atom is 0.122 e. The van der Waals surface area contributed by atoms with Gasteiger partial charge in [0.15, 0.2) is 0 Å². The number of nitrogens with one attached hydrogen (secondary N) is 1. The molecule has 0 bridgehead atoms. The maximum atomic E-state index is 9.93. The number of phenolic OH excluding ortho intramolecular Hbond substituents is 1. The van der Waals surface area contributed by atoms with Crippen LogP contribution in [0.2, 0.25) is 0 Å². The molecule has 0 fully saturated rings. The third-order valence-electron chi connectivity index (χ3n) is 2.72. The van der Waals surface area contributed by atoms with E-state index in [1.807, 2.05) is 32.0 Å². The summed E-state index contributed by atoms with van der Waals surface area (Å²) < 4.78 is 0. The van der Waals surface area contributed by atoms with Crippen molar-refractivity contribution < 1.29 is 5.11 Å². The Kier molecular flexibility index (Phi) is 2.46. The van der Waals surface area contributed by atoms with E-state index in [2.05, 4.69) is 9.97 Å². The van der Waals surface area contributed by atoms with E-state index in [4.69, 9.17) is 0 Å². The lowest BCUT2D eigenvalue weighted by atomic mass is 9.95. The Bertz CT molecular complexity index is 449. The number of aromatic nitrogens is 2. The van der Waals surface area contributed by atoms with E-state index in [-0.39, 0.29) is 5.92 Å². The SMILES string of the molecule is Cc1cccc(C(C)c2cnc[nH]2)c1O. The molecule has 0 aliphatic heterocycles. The normalized spacial score (nSPS) is 12.7. The zero-order valence-corrected chi connectivity index (χ0v) is 8.86. The van der Waals surface area contributed by atoms with E-state index in [0.717, 1.165) is 16.8 Å². The summed E-state index contributed by atoms with van der Waals surface area (Å²) in [7, 11) is 0. The van der Waals surface area contributed by atoms with Crippen molar-refractivity contribution in [2.45, 2.75) is 19.8 Å². The van der Waals surface area contributed by atoms with Gasteiger partial charge in [0, 0.05) is 23.4 Å². The van der Waals surface area contributed by atoms with Crippen LogP contribution >= 0.6 is 0 Å². The third-order valence-corrected chi connectivity index (χ3v) is 2.72. The fraction of sp³-hybridized carbons (Fsp3) is 0.250. The Labute approximate surface area is 88.8 Å². The molecule has 2 N–H and O–H groups in total. The molecule has 2 aromatic rings. The van der Waals surface area contributed by atoms with Crippen LogP contribution in [-0.2, 0) is 0 Å². The number of aromatic hydroxyl groups is 1. The molecule has 0 spiro atoms. The topological polar surface area (TPSA) is 48.9 Å². The van der Waals surface area contributed by atoms with E-state index in [1.54, 1.807) is 12.5 Å². The molecule has 1 aromatic heterocycles. The summed E-state index contributed by atoms with van der Waals surface area (Å²) in [5, 5.41) is 9.93. The predicted octanol–water partition coefficient (Wildman–Crippen LogP) is 2.58. The van der Waals surface area contributed by atoms with Gasteiger partial charge < -0.3 is 10.1 Å². The Morgan fingerprint density at radius 2 is 2.20 bits per heavy atom. The number of H-pyrrole nitrogens is 1. The second-order valence-electron chi connectivity index (χ2n) is 3.74. The molecule has 0 saturated carbocycles. The Hall–Kier alpha value is -1.77. The summed E-state index contributed by atoms with van der Waals surface area (Å²) in [6.45, 7) is 3.94. The number of nitrogens with zero attached hydrogens (tertiary/aromatic N) is 1. The van der Waals surface area contributed by atoms with Crippen molar-refractivity contribution in [3.8, 4) is 5.75 Å². The summed E-state index contributed by atoms with van der Waals surface area (Å²) in [5.41, 5.74) is 2.84. The van der Waals surface area contributed by atoms with Crippen molar-refractivity contribution in [1.29, 1.82) is 0 Å². The average molecular weight is 202 g/mol. The van der Waals surface area contributed by atoms with E-state index < -0.39 is 0 Å². The van der Waals surface area contributed by atoms with Crippen molar-refractivity contribution in [3.63, 3.8) is 0 Å². The summed E-state index contributed by atoms with van der Waals surface area (Å²) in [6.07, 6.45) is 3.44. The molecule has 0 radical (unpaired) electrons. The van der Waals surface area contributed by atoms with Gasteiger partial charge in [0.25, 0.3) is 0 Å². The first-order valence-corrected chi connectivity index (χ1v) is 4.97. The van der Waals surface area contributed by atoms with Crippen LogP contribution in [-0.4, -0.2) is 15.1 Å². The van der Waals surface area contributed by atoms with Gasteiger partial charge in [-0.1, -0.05) is 25.1 Å². The molecule has 1 atom stereocenters. The lowest BCUT2D eigenvalue weighted by Gasteiger charge is -2.13. The summed E-state index contributed by atoms with van der Waals surface area (Å²) in [5.74, 6) is 0.506. The first kappa shape index (κ1) is 9.77. The first-order valence-electron chi connectivity index (χ1n) is 4.97. The highest BCUT2D eigenvalue weighted by Crippen LogP contribution is 2.31. The Morgan fingerprint density at radius 3 is 2.87 bits per heavy atom. The maximum absolute atomic E-state index is 9.93. The molecule has 1 aromatic carbocycles. The molecule has 3 heteroatoms. The average Bonchev–Trinajstić information content (AvgIpc) is 2.74. The molecule has 2 rings (SSSR count). The van der Waals surface area contributed by atoms with Crippen LogP contribution in [0.5, 0.6) is 5.75 Å². The van der Waals surface area contributed by atoms with Crippen LogP contribution in [0, 0.1) is 6.92 Å². The van der Waals surface area contributed by atoms with Crippen molar-refractivity contribution in [2.24, 2.45) is 0 Å². The highest BCUT2D eigenvalue weighted by molar-refractivity contribution is 5.43. The zero-order valence-electron chi connectivity index (χ0n) is 8.86. The number of aromatic amines is 1. The number of aryl methyl sites for hydroxylation is 1. The Morgan fingerprint density at radius 1 is 1.40 bits per heavy atom. The van der Waals surface area contributed by atoms with Gasteiger partial charge in [-0.15, -0.1) is 0 Å². The van der Waals surface area contributed by atoms with Gasteiger partial charge in [-0.2, -0.15) is 0 Å². The van der Waals surface area contributed by atoms with E-state index in [9.17, 15) is 5.11 Å². The molecular weight excluding hydrogens is 188 g/mol. The van der Waals surface area contributed by atoms with Crippen LogP contribution in [0.1, 0.15) is 29.7 Å². The highest BCUT2D eigenvalue weighted by atomic mass is 16.3. The van der Waals surface area contributed by atoms with Gasteiger partial charge in [-0.05, 0) is 12.5 Å². The van der Waals surface area contributed by atoms with Gasteiger partial charge in [0.1, 0.15) is 5.75 Å². The number of phenols is 1. The Balaban J connectivity index is 2.42. The summed E-state index contributed by atoms with van der Waals surface area (Å²) in [4.78, 5) is 7.04. The fourth-order valence-corrected chi connectivity index (χ4v) is 1.70. The van der Waals surface area contributed by atoms with E-state index >= 15 is 0 Å². The van der Waals surface area contributed by atoms with Crippen LogP contribution in [0.3, 0.4) is 0 Å². The molecule has 78 valence electrons. The van der Waals surface area contributed by atoms with Crippen molar-refractivity contribution in [1.82, 2.24) is 9.97 Å². The lowest BCUT2D eigenvalue weighted by molar-refractivity contribution is 0.461. The molecule has 0 aliphatic rings. The standard InChI is InChI=1S/C12H14N2O/c1-8-4-3-5-10(12(8)15)9(2)11-6-13-7-14-11/h3-7,9,15H,1-2H3,(H,13,14). The summed E-state index contributed by atoms with van der Waals surface area (Å²) in [6, 6.07) is 5.80. The lowest BCUT2D eigenvalue weighted by Crippen LogP contribution is -1.97. The minimum absolute atomic E-state index is 0.132. The van der Waals surface area contributed by atoms with Gasteiger partial charge in [-0.3, -0.25) is 0 Å². The second-order valence-corrected chi connectivity index (χ2v) is 3.74. The minimum atomic E-state index is 0.132. The monoisotopic (exact) mass is 202 g/mol. The molecule has 0 amide bonds. The highest BCUT2D eigenvalue weighted by Gasteiger charge is 2.14. The van der Waals surface area contributed by atoms with E-state index in [1.165, 1.54) is 0 Å². The zero-order chi connectivity index (χ0) is 10.8. The smallest absolute Gasteiger partial charge is 0.122 e. The van der Waals surface area contributed by atoms with E-state index in [0.29, 0.717) is 5.75 Å². The third kappa shape index (κ3) is 1.73. The number of benzene rings is 1. The van der Waals surface area contributed by atoms with Gasteiger partial charge >= 0.3 is 0 Å². The molecular formula is C12H14N2O. The number of hydrogen-bond donors (Lipinski definition) is 2. The van der Waals surface area contributed by atoms with Gasteiger partial charge in [-0.25, -0.2) is 4.98 Å². The van der Waals surface area contributed by atoms with Crippen LogP contribution < -0.4 is 0 Å². The fourth-order valence-electron chi connectivity index (χ4n) is 1.70. The van der Waals surface area contributed by atoms with Crippen LogP contribution in [0.25, 0.3) is 0 Å². The summed E-state index contributed by atoms with van der Waals surface area (Å²) >= 11 is 0. The molecule has 1 unspecified atom stereocenters. The van der Waals surface area contributed by atoms with Gasteiger partial charge in [0.2, 0.25) is 0 Å². The predicted molar refractivity (Wildman–Crippen MR) is 58.9 cm³/mol. The molecule has 3 nitrogen and oxygen atoms in total. The van der Waals surface area contributed by atoms with Crippen molar-refractivity contribution in [2.75, 3.05) is 0 Å². The number of rotatable bonds is 2.